The number of rotatable bonds is 3. The fourth-order valence-corrected chi connectivity index (χ4v) is 8.56. The Morgan fingerprint density at radius 3 is 2.04 bits per heavy atom. The zero-order chi connectivity index (χ0) is 32.7. The van der Waals surface area contributed by atoms with Crippen LogP contribution in [0.2, 0.25) is 0 Å². The first-order valence-corrected chi connectivity index (χ1v) is 16.9. The van der Waals surface area contributed by atoms with Gasteiger partial charge >= 0.3 is 0 Å². The van der Waals surface area contributed by atoms with Crippen LogP contribution in [0.15, 0.2) is 164 Å². The molecule has 0 radical (unpaired) electrons. The lowest BCUT2D eigenvalue weighted by atomic mass is 9.75. The van der Waals surface area contributed by atoms with Crippen LogP contribution in [0.3, 0.4) is 0 Å². The van der Waals surface area contributed by atoms with Gasteiger partial charge in [0.15, 0.2) is 0 Å². The lowest BCUT2D eigenvalue weighted by Crippen LogP contribution is -2.33. The lowest BCUT2D eigenvalue weighted by molar-refractivity contribution is 0.156. The van der Waals surface area contributed by atoms with Crippen LogP contribution in [0.25, 0.3) is 70.9 Å². The lowest BCUT2D eigenvalue weighted by Gasteiger charge is -2.30. The van der Waals surface area contributed by atoms with Crippen molar-refractivity contribution in [2.75, 3.05) is 0 Å². The van der Waals surface area contributed by atoms with Gasteiger partial charge in [-0.3, -0.25) is 0 Å². The van der Waals surface area contributed by atoms with E-state index < -0.39 is 5.60 Å². The molecule has 0 saturated carbocycles. The number of aromatic hydroxyl groups is 1. The molecule has 8 aromatic rings. The third-order valence-corrected chi connectivity index (χ3v) is 10.7. The van der Waals surface area contributed by atoms with Gasteiger partial charge in [0.2, 0.25) is 0 Å². The van der Waals surface area contributed by atoms with Gasteiger partial charge in [-0.1, -0.05) is 133 Å². The highest BCUT2D eigenvalue weighted by Gasteiger charge is 2.45. The minimum atomic E-state index is -0.566. The second-order valence-corrected chi connectivity index (χ2v) is 13.5. The number of ether oxygens (including phenoxy) is 1. The molecule has 0 amide bonds. The van der Waals surface area contributed by atoms with Gasteiger partial charge in [0, 0.05) is 11.5 Å². The Kier molecular flexibility index (Phi) is 5.95. The van der Waals surface area contributed by atoms with Crippen molar-refractivity contribution >= 4 is 48.7 Å². The molecule has 1 aliphatic carbocycles. The molecule has 1 aliphatic heterocycles. The van der Waals surface area contributed by atoms with Crippen LogP contribution >= 0.6 is 0 Å². The normalized spacial score (nSPS) is 18.1. The van der Waals surface area contributed by atoms with Crippen molar-refractivity contribution in [2.45, 2.75) is 18.4 Å². The summed E-state index contributed by atoms with van der Waals surface area (Å²) >= 11 is 0. The minimum Gasteiger partial charge on any atom is -0.508 e. The molecule has 0 saturated heterocycles. The Morgan fingerprint density at radius 1 is 0.551 bits per heavy atom. The monoisotopic (exact) mass is 628 g/mol. The highest BCUT2D eigenvalue weighted by molar-refractivity contribution is 6.22. The zero-order valence-electron chi connectivity index (χ0n) is 27.0. The summed E-state index contributed by atoms with van der Waals surface area (Å²) in [5, 5.41) is 20.3. The van der Waals surface area contributed by atoms with E-state index in [0.29, 0.717) is 0 Å². The summed E-state index contributed by atoms with van der Waals surface area (Å²) in [4.78, 5) is 0. The fraction of sp³-hybridized carbons (Fsp3) is 0.0638. The van der Waals surface area contributed by atoms with Crippen LogP contribution in [0.5, 0.6) is 11.5 Å². The van der Waals surface area contributed by atoms with E-state index in [1.54, 1.807) is 0 Å². The third kappa shape index (κ3) is 4.14. The number of phenols is 1. The first-order valence-electron chi connectivity index (χ1n) is 16.9. The molecular weight excluding hydrogens is 597 g/mol. The van der Waals surface area contributed by atoms with E-state index in [4.69, 9.17) is 4.74 Å². The second kappa shape index (κ2) is 10.4. The smallest absolute Gasteiger partial charge is 0.136 e. The van der Waals surface area contributed by atoms with Crippen LogP contribution < -0.4 is 4.74 Å². The zero-order valence-corrected chi connectivity index (χ0v) is 27.0. The third-order valence-electron chi connectivity index (χ3n) is 10.7. The van der Waals surface area contributed by atoms with E-state index in [1.807, 2.05) is 18.2 Å². The van der Waals surface area contributed by atoms with Gasteiger partial charge in [0.05, 0.1) is 0 Å². The number of hydrogen-bond donors (Lipinski definition) is 1. The number of hydrogen-bond acceptors (Lipinski definition) is 2. The van der Waals surface area contributed by atoms with E-state index >= 15 is 0 Å². The molecule has 2 nitrogen and oxygen atoms in total. The number of benzene rings is 8. The van der Waals surface area contributed by atoms with Crippen molar-refractivity contribution in [3.8, 4) is 33.8 Å². The van der Waals surface area contributed by atoms with Gasteiger partial charge in [-0.2, -0.15) is 0 Å². The van der Waals surface area contributed by atoms with E-state index in [2.05, 4.69) is 153 Å². The largest absolute Gasteiger partial charge is 0.508 e. The maximum Gasteiger partial charge on any atom is 0.136 e. The van der Waals surface area contributed by atoms with E-state index in [9.17, 15) is 5.11 Å². The molecule has 0 bridgehead atoms. The Balaban J connectivity index is 1.18. The maximum absolute atomic E-state index is 10.8. The Labute approximate surface area is 284 Å². The number of phenolic OH excluding ortho intramolecular Hbond substituents is 1. The molecule has 0 spiro atoms. The van der Waals surface area contributed by atoms with Crippen molar-refractivity contribution in [2.24, 2.45) is 0 Å². The predicted octanol–water partition coefficient (Wildman–Crippen LogP) is 12.2. The average Bonchev–Trinajstić information content (AvgIpc) is 3.45. The van der Waals surface area contributed by atoms with Crippen molar-refractivity contribution in [1.82, 2.24) is 0 Å². The molecule has 8 aromatic carbocycles. The topological polar surface area (TPSA) is 29.5 Å². The van der Waals surface area contributed by atoms with Crippen molar-refractivity contribution in [3.05, 3.63) is 175 Å². The van der Waals surface area contributed by atoms with Crippen molar-refractivity contribution in [1.29, 1.82) is 0 Å². The molecule has 1 N–H and O–H groups in total. The highest BCUT2D eigenvalue weighted by atomic mass is 16.5. The van der Waals surface area contributed by atoms with Crippen LogP contribution in [-0.2, 0) is 0 Å². The summed E-state index contributed by atoms with van der Waals surface area (Å²) in [5.41, 5.74) is 7.62. The fourth-order valence-electron chi connectivity index (χ4n) is 8.56. The summed E-state index contributed by atoms with van der Waals surface area (Å²) in [6, 6.07) is 51.1. The van der Waals surface area contributed by atoms with Gasteiger partial charge in [0.25, 0.3) is 0 Å². The van der Waals surface area contributed by atoms with Gasteiger partial charge in [-0.05, 0) is 114 Å². The quantitative estimate of drug-likeness (QED) is 0.156. The van der Waals surface area contributed by atoms with Crippen LogP contribution in [0, 0.1) is 0 Å². The Hall–Kier alpha value is -6.12. The Bertz CT molecular complexity index is 2720. The molecule has 0 aromatic heterocycles. The predicted molar refractivity (Wildman–Crippen MR) is 204 cm³/mol. The van der Waals surface area contributed by atoms with Crippen LogP contribution in [-0.4, -0.2) is 10.7 Å². The summed E-state index contributed by atoms with van der Waals surface area (Å²) in [6.07, 6.45) is 6.99. The molecule has 232 valence electrons. The average molecular weight is 629 g/mol. The van der Waals surface area contributed by atoms with E-state index in [0.717, 1.165) is 38.6 Å². The van der Waals surface area contributed by atoms with Gasteiger partial charge in [-0.15, -0.1) is 0 Å². The number of fused-ring (bicyclic) bond motifs is 8. The van der Waals surface area contributed by atoms with Crippen molar-refractivity contribution < 1.29 is 9.84 Å². The van der Waals surface area contributed by atoms with E-state index in [-0.39, 0.29) is 11.7 Å². The minimum absolute atomic E-state index is 0.0221. The summed E-state index contributed by atoms with van der Waals surface area (Å²) < 4.78 is 6.98. The summed E-state index contributed by atoms with van der Waals surface area (Å²) in [7, 11) is 0. The van der Waals surface area contributed by atoms with Gasteiger partial charge < -0.3 is 9.84 Å². The summed E-state index contributed by atoms with van der Waals surface area (Å²) in [5.74, 6) is 1.20. The SMILES string of the molecule is CC12C=C(c3cc4ccccc4c4ccccc34)C=CC1c1c(cccc1-c1c3ccccc3c(-c3ccccc3)c3cc(O)ccc13)O2. The highest BCUT2D eigenvalue weighted by Crippen LogP contribution is 2.55. The Morgan fingerprint density at radius 2 is 1.22 bits per heavy atom. The molecule has 49 heavy (non-hydrogen) atoms. The van der Waals surface area contributed by atoms with Crippen molar-refractivity contribution in [3.63, 3.8) is 0 Å². The first-order chi connectivity index (χ1) is 24.1. The first kappa shape index (κ1) is 27.9. The second-order valence-electron chi connectivity index (χ2n) is 13.5. The molecule has 2 unspecified atom stereocenters. The summed E-state index contributed by atoms with van der Waals surface area (Å²) in [6.45, 7) is 2.22. The molecular formula is C47H32O2. The van der Waals surface area contributed by atoms with Gasteiger partial charge in [-0.25, -0.2) is 0 Å². The van der Waals surface area contributed by atoms with E-state index in [1.165, 1.54) is 49.2 Å². The number of allylic oxidation sites excluding steroid dienone is 2. The molecule has 2 atom stereocenters. The van der Waals surface area contributed by atoms with Gasteiger partial charge in [0.1, 0.15) is 17.1 Å². The van der Waals surface area contributed by atoms with Crippen LogP contribution in [0.1, 0.15) is 24.0 Å². The van der Waals surface area contributed by atoms with Crippen LogP contribution in [0.4, 0.5) is 0 Å². The maximum atomic E-state index is 10.8. The molecule has 0 fully saturated rings. The molecule has 10 rings (SSSR count). The molecule has 2 aliphatic rings. The molecule has 1 heterocycles. The molecule has 2 heteroatoms. The standard InChI is InChI=1S/C47H32O2/c1-47-28-31(40-26-30-14-5-6-15-33(30)34-16-7-8-17-35(34)40)22-25-42(47)46-39(20-11-21-43(46)49-47)45-37-19-10-9-18-36(37)44(29-12-3-2-4-13-29)41-27-32(48)23-24-38(41)45/h2-28,42,48H,1H3.